The van der Waals surface area contributed by atoms with Gasteiger partial charge in [0.25, 0.3) is 0 Å². The van der Waals surface area contributed by atoms with Crippen LogP contribution in [0.25, 0.3) is 0 Å². The van der Waals surface area contributed by atoms with E-state index in [1.165, 1.54) is 11.8 Å². The second-order valence-corrected chi connectivity index (χ2v) is 5.19. The van der Waals surface area contributed by atoms with E-state index in [1.807, 2.05) is 6.26 Å². The molecule has 1 aromatic rings. The number of aromatic nitrogens is 2. The Bertz CT molecular complexity index is 442. The van der Waals surface area contributed by atoms with Crippen LogP contribution < -0.4 is 21.9 Å². The number of nitrogens with two attached hydrogens (primary N) is 1. The molecule has 1 aliphatic carbocycles. The van der Waals surface area contributed by atoms with Crippen molar-refractivity contribution in [1.29, 1.82) is 0 Å². The summed E-state index contributed by atoms with van der Waals surface area (Å²) < 4.78 is 0. The second kappa shape index (κ2) is 6.07. The Balaban J connectivity index is 2.01. The van der Waals surface area contributed by atoms with Crippen LogP contribution in [0.3, 0.4) is 0 Å². The fourth-order valence-electron chi connectivity index (χ4n) is 1.51. The monoisotopic (exact) mass is 282 g/mol. The maximum Gasteiger partial charge on any atom is 0.242 e. The molecule has 0 aliphatic heterocycles. The summed E-state index contributed by atoms with van der Waals surface area (Å²) in [6, 6.07) is 1.67. The molecule has 8 heteroatoms. The van der Waals surface area contributed by atoms with Gasteiger partial charge in [-0.25, -0.2) is 15.8 Å². The summed E-state index contributed by atoms with van der Waals surface area (Å²) in [6.07, 6.45) is 4.02. The average molecular weight is 282 g/mol. The van der Waals surface area contributed by atoms with Crippen molar-refractivity contribution in [3.63, 3.8) is 0 Å². The zero-order chi connectivity index (χ0) is 13.8. The van der Waals surface area contributed by atoms with E-state index in [0.29, 0.717) is 22.8 Å². The Morgan fingerprint density at radius 3 is 2.74 bits per heavy atom. The number of nitrogen functional groups attached to an aromatic ring is 1. The third-order valence-corrected chi connectivity index (χ3v) is 3.27. The molecule has 0 spiro atoms. The molecule has 1 fully saturated rings. The highest BCUT2D eigenvalue weighted by molar-refractivity contribution is 7.98. The Morgan fingerprint density at radius 1 is 1.47 bits per heavy atom. The molecule has 104 valence electrons. The van der Waals surface area contributed by atoms with Crippen LogP contribution in [0.5, 0.6) is 0 Å². The lowest BCUT2D eigenvalue weighted by Gasteiger charge is -2.15. The van der Waals surface area contributed by atoms with Crippen molar-refractivity contribution in [2.45, 2.75) is 37.0 Å². The lowest BCUT2D eigenvalue weighted by Crippen LogP contribution is -2.38. The molecule has 5 N–H and O–H groups in total. The number of hydrogen-bond donors (Lipinski definition) is 4. The first kappa shape index (κ1) is 13.9. The number of anilines is 2. The molecular formula is C11H18N6OS. The van der Waals surface area contributed by atoms with Gasteiger partial charge in [0.2, 0.25) is 5.91 Å². The van der Waals surface area contributed by atoms with Crippen LogP contribution in [-0.4, -0.2) is 34.2 Å². The van der Waals surface area contributed by atoms with Crippen molar-refractivity contribution >= 4 is 29.3 Å². The van der Waals surface area contributed by atoms with E-state index in [4.69, 9.17) is 5.84 Å². The molecule has 1 amide bonds. The summed E-state index contributed by atoms with van der Waals surface area (Å²) in [7, 11) is 0. The van der Waals surface area contributed by atoms with Gasteiger partial charge in [-0.1, -0.05) is 11.8 Å². The number of rotatable bonds is 6. The van der Waals surface area contributed by atoms with E-state index >= 15 is 0 Å². The van der Waals surface area contributed by atoms with Crippen molar-refractivity contribution in [3.05, 3.63) is 6.07 Å². The predicted octanol–water partition coefficient (Wildman–Crippen LogP) is 0.563. The predicted molar refractivity (Wildman–Crippen MR) is 75.9 cm³/mol. The van der Waals surface area contributed by atoms with Crippen LogP contribution in [0.4, 0.5) is 11.6 Å². The van der Waals surface area contributed by atoms with Crippen molar-refractivity contribution < 1.29 is 4.79 Å². The maximum atomic E-state index is 11.8. The molecule has 2 rings (SSSR count). The van der Waals surface area contributed by atoms with E-state index in [1.54, 1.807) is 13.0 Å². The van der Waals surface area contributed by atoms with E-state index in [2.05, 4.69) is 26.0 Å². The summed E-state index contributed by atoms with van der Waals surface area (Å²) in [5.74, 6) is 6.42. The van der Waals surface area contributed by atoms with Crippen molar-refractivity contribution in [3.8, 4) is 0 Å². The Morgan fingerprint density at radius 2 is 2.16 bits per heavy atom. The van der Waals surface area contributed by atoms with Crippen molar-refractivity contribution in [2.75, 3.05) is 17.0 Å². The summed E-state index contributed by atoms with van der Waals surface area (Å²) in [4.78, 5) is 20.3. The molecule has 1 atom stereocenters. The Kier molecular flexibility index (Phi) is 4.43. The van der Waals surface area contributed by atoms with Crippen molar-refractivity contribution in [2.24, 2.45) is 5.84 Å². The number of carbonyl (C=O) groups is 1. The minimum absolute atomic E-state index is 0.0194. The first-order valence-electron chi connectivity index (χ1n) is 6.09. The van der Waals surface area contributed by atoms with Gasteiger partial charge in [0.15, 0.2) is 5.16 Å². The van der Waals surface area contributed by atoms with Gasteiger partial charge in [0.05, 0.1) is 0 Å². The zero-order valence-corrected chi connectivity index (χ0v) is 11.8. The van der Waals surface area contributed by atoms with Crippen LogP contribution >= 0.6 is 11.8 Å². The maximum absolute atomic E-state index is 11.8. The summed E-state index contributed by atoms with van der Waals surface area (Å²) >= 11 is 1.41. The van der Waals surface area contributed by atoms with Gasteiger partial charge in [-0.05, 0) is 26.0 Å². The van der Waals surface area contributed by atoms with Gasteiger partial charge in [-0.2, -0.15) is 0 Å². The lowest BCUT2D eigenvalue weighted by atomic mass is 10.3. The molecule has 0 radical (unpaired) electrons. The van der Waals surface area contributed by atoms with Crippen LogP contribution in [0.1, 0.15) is 19.8 Å². The van der Waals surface area contributed by atoms with Gasteiger partial charge >= 0.3 is 0 Å². The topological polar surface area (TPSA) is 105 Å². The molecule has 1 saturated carbocycles. The molecular weight excluding hydrogens is 264 g/mol. The third kappa shape index (κ3) is 3.97. The van der Waals surface area contributed by atoms with Gasteiger partial charge in [0.1, 0.15) is 17.7 Å². The number of thioether (sulfide) groups is 1. The molecule has 0 aromatic carbocycles. The van der Waals surface area contributed by atoms with E-state index < -0.39 is 0 Å². The number of nitrogens with one attached hydrogen (secondary N) is 3. The molecule has 0 saturated heterocycles. The first-order chi connectivity index (χ1) is 9.12. The van der Waals surface area contributed by atoms with Crippen LogP contribution in [0.15, 0.2) is 11.2 Å². The minimum Gasteiger partial charge on any atom is -0.358 e. The van der Waals surface area contributed by atoms with E-state index in [0.717, 1.165) is 12.8 Å². The highest BCUT2D eigenvalue weighted by atomic mass is 32.2. The van der Waals surface area contributed by atoms with Crippen LogP contribution in [0, 0.1) is 0 Å². The standard InChI is InChI=1S/C11H18N6OS/c1-6(10(18)14-7-3-4-7)13-8-5-9(17-12)16-11(15-8)19-2/h5-7H,3-4,12H2,1-2H3,(H,14,18)(H2,13,15,16,17). The molecule has 1 aromatic heterocycles. The molecule has 1 unspecified atom stereocenters. The fraction of sp³-hybridized carbons (Fsp3) is 0.545. The highest BCUT2D eigenvalue weighted by Gasteiger charge is 2.25. The number of hydrazine groups is 1. The van der Waals surface area contributed by atoms with E-state index in [9.17, 15) is 4.79 Å². The van der Waals surface area contributed by atoms with Gasteiger partial charge in [0, 0.05) is 12.1 Å². The minimum atomic E-state index is -0.351. The number of amides is 1. The quantitative estimate of drug-likeness (QED) is 0.261. The van der Waals surface area contributed by atoms with E-state index in [-0.39, 0.29) is 11.9 Å². The third-order valence-electron chi connectivity index (χ3n) is 2.72. The molecule has 1 aliphatic rings. The Hall–Kier alpha value is -1.54. The largest absolute Gasteiger partial charge is 0.358 e. The van der Waals surface area contributed by atoms with Crippen LogP contribution in [-0.2, 0) is 4.79 Å². The molecule has 7 nitrogen and oxygen atoms in total. The number of hydrogen-bond acceptors (Lipinski definition) is 7. The summed E-state index contributed by atoms with van der Waals surface area (Å²) in [6.45, 7) is 1.80. The average Bonchev–Trinajstić information content (AvgIpc) is 3.21. The summed E-state index contributed by atoms with van der Waals surface area (Å²) in [5, 5.41) is 6.58. The van der Waals surface area contributed by atoms with Gasteiger partial charge in [-0.3, -0.25) is 4.79 Å². The van der Waals surface area contributed by atoms with Gasteiger partial charge in [-0.15, -0.1) is 0 Å². The number of nitrogens with zero attached hydrogens (tertiary/aromatic N) is 2. The molecule has 0 bridgehead atoms. The number of carbonyl (C=O) groups excluding carboxylic acids is 1. The summed E-state index contributed by atoms with van der Waals surface area (Å²) in [5.41, 5.74) is 2.48. The van der Waals surface area contributed by atoms with Gasteiger partial charge < -0.3 is 16.1 Å². The first-order valence-corrected chi connectivity index (χ1v) is 7.31. The fourth-order valence-corrected chi connectivity index (χ4v) is 1.88. The molecule has 1 heterocycles. The lowest BCUT2D eigenvalue weighted by molar-refractivity contribution is -0.121. The van der Waals surface area contributed by atoms with Crippen molar-refractivity contribution in [1.82, 2.24) is 15.3 Å². The second-order valence-electron chi connectivity index (χ2n) is 4.42. The zero-order valence-electron chi connectivity index (χ0n) is 10.9. The SMILES string of the molecule is CSc1nc(NN)cc(NC(C)C(=O)NC2CC2)n1. The normalized spacial score (nSPS) is 15.7. The van der Waals surface area contributed by atoms with Crippen LogP contribution in [0.2, 0.25) is 0 Å². The Labute approximate surface area is 116 Å². The smallest absolute Gasteiger partial charge is 0.242 e. The molecule has 19 heavy (non-hydrogen) atoms. The highest BCUT2D eigenvalue weighted by Crippen LogP contribution is 2.20.